The molecular weight excluding hydrogens is 292 g/mol. The third-order valence-electron chi connectivity index (χ3n) is 4.06. The average molecular weight is 309 g/mol. The molecule has 2 unspecified atom stereocenters. The quantitative estimate of drug-likeness (QED) is 0.873. The minimum absolute atomic E-state index is 0.0479. The van der Waals surface area contributed by atoms with Crippen molar-refractivity contribution in [3.8, 4) is 0 Å². The van der Waals surface area contributed by atoms with Gasteiger partial charge < -0.3 is 15.5 Å². The van der Waals surface area contributed by atoms with Crippen molar-refractivity contribution in [2.75, 3.05) is 18.0 Å². The monoisotopic (exact) mass is 309 g/mol. The molecule has 2 fully saturated rings. The van der Waals surface area contributed by atoms with Gasteiger partial charge in [0.2, 0.25) is 11.8 Å². The van der Waals surface area contributed by atoms with E-state index in [0.717, 1.165) is 36.4 Å². The van der Waals surface area contributed by atoms with E-state index in [9.17, 15) is 18.4 Å². The standard InChI is InChI=1S/C15H17F2N3O2/c16-10-3-1-4-11(17)14(10)20-8-9(7-13(20)21)19-15(22)12-5-2-6-18-12/h1,3-4,9,12,18H,2,5-8H2,(H,19,22). The molecule has 2 N–H and O–H groups in total. The third kappa shape index (κ3) is 2.81. The van der Waals surface area contributed by atoms with Crippen LogP contribution in [0.5, 0.6) is 0 Å². The fraction of sp³-hybridized carbons (Fsp3) is 0.467. The fourth-order valence-electron chi connectivity index (χ4n) is 2.98. The molecule has 2 aliphatic heterocycles. The molecule has 2 atom stereocenters. The van der Waals surface area contributed by atoms with Gasteiger partial charge in [-0.3, -0.25) is 9.59 Å². The van der Waals surface area contributed by atoms with Gasteiger partial charge in [-0.25, -0.2) is 8.78 Å². The van der Waals surface area contributed by atoms with E-state index in [1.54, 1.807) is 0 Å². The van der Waals surface area contributed by atoms with Gasteiger partial charge in [0.15, 0.2) is 0 Å². The molecule has 3 rings (SSSR count). The average Bonchev–Trinajstić information content (AvgIpc) is 3.09. The zero-order chi connectivity index (χ0) is 15.7. The molecule has 2 heterocycles. The van der Waals surface area contributed by atoms with Gasteiger partial charge in [-0.1, -0.05) is 6.07 Å². The van der Waals surface area contributed by atoms with Crippen LogP contribution < -0.4 is 15.5 Å². The first-order valence-electron chi connectivity index (χ1n) is 7.34. The van der Waals surface area contributed by atoms with Crippen molar-refractivity contribution in [2.45, 2.75) is 31.3 Å². The lowest BCUT2D eigenvalue weighted by Crippen LogP contribution is -2.46. The predicted molar refractivity (Wildman–Crippen MR) is 76.3 cm³/mol. The Kier molecular flexibility index (Phi) is 4.06. The summed E-state index contributed by atoms with van der Waals surface area (Å²) in [6, 6.07) is 2.80. The number of nitrogens with zero attached hydrogens (tertiary/aromatic N) is 1. The molecule has 7 heteroatoms. The summed E-state index contributed by atoms with van der Waals surface area (Å²) < 4.78 is 27.6. The van der Waals surface area contributed by atoms with Gasteiger partial charge in [0.1, 0.15) is 17.3 Å². The van der Waals surface area contributed by atoms with Crippen LogP contribution in [0.3, 0.4) is 0 Å². The van der Waals surface area contributed by atoms with Crippen molar-refractivity contribution < 1.29 is 18.4 Å². The maximum Gasteiger partial charge on any atom is 0.237 e. The molecule has 0 bridgehead atoms. The summed E-state index contributed by atoms with van der Waals surface area (Å²) >= 11 is 0. The molecule has 2 amide bonds. The predicted octanol–water partition coefficient (Wildman–Crippen LogP) is 0.938. The number of para-hydroxylation sites is 1. The number of rotatable bonds is 3. The van der Waals surface area contributed by atoms with E-state index in [4.69, 9.17) is 0 Å². The van der Waals surface area contributed by atoms with Crippen molar-refractivity contribution in [3.63, 3.8) is 0 Å². The molecule has 0 spiro atoms. The first-order chi connectivity index (χ1) is 10.6. The number of carbonyl (C=O) groups is 2. The molecular formula is C15H17F2N3O2. The van der Waals surface area contributed by atoms with E-state index in [1.165, 1.54) is 6.07 Å². The van der Waals surface area contributed by atoms with Crippen molar-refractivity contribution in [3.05, 3.63) is 29.8 Å². The normalized spacial score (nSPS) is 24.8. The first kappa shape index (κ1) is 14.9. The van der Waals surface area contributed by atoms with Gasteiger partial charge in [-0.2, -0.15) is 0 Å². The van der Waals surface area contributed by atoms with Crippen LogP contribution in [-0.4, -0.2) is 37.0 Å². The lowest BCUT2D eigenvalue weighted by molar-refractivity contribution is -0.123. The highest BCUT2D eigenvalue weighted by Crippen LogP contribution is 2.27. The summed E-state index contributed by atoms with van der Waals surface area (Å²) in [7, 11) is 0. The lowest BCUT2D eigenvalue weighted by Gasteiger charge is -2.19. The number of halogens is 2. The minimum Gasteiger partial charge on any atom is -0.350 e. The summed E-state index contributed by atoms with van der Waals surface area (Å²) in [4.78, 5) is 25.1. The second-order valence-electron chi connectivity index (χ2n) is 5.63. The second-order valence-corrected chi connectivity index (χ2v) is 5.63. The van der Waals surface area contributed by atoms with Gasteiger partial charge in [-0.05, 0) is 31.5 Å². The Balaban J connectivity index is 1.69. The van der Waals surface area contributed by atoms with Gasteiger partial charge in [0.05, 0.1) is 12.1 Å². The Labute approximate surface area is 126 Å². The highest BCUT2D eigenvalue weighted by atomic mass is 19.1. The highest BCUT2D eigenvalue weighted by molar-refractivity contribution is 5.97. The van der Waals surface area contributed by atoms with E-state index in [0.29, 0.717) is 0 Å². The molecule has 22 heavy (non-hydrogen) atoms. The fourth-order valence-corrected chi connectivity index (χ4v) is 2.98. The van der Waals surface area contributed by atoms with Crippen LogP contribution in [0.1, 0.15) is 19.3 Å². The zero-order valence-corrected chi connectivity index (χ0v) is 11.9. The van der Waals surface area contributed by atoms with E-state index >= 15 is 0 Å². The van der Waals surface area contributed by atoms with Gasteiger partial charge in [-0.15, -0.1) is 0 Å². The Hall–Kier alpha value is -2.02. The van der Waals surface area contributed by atoms with Crippen molar-refractivity contribution >= 4 is 17.5 Å². The Morgan fingerprint density at radius 2 is 2.05 bits per heavy atom. The Bertz CT molecular complexity index is 582. The van der Waals surface area contributed by atoms with E-state index in [-0.39, 0.29) is 30.6 Å². The van der Waals surface area contributed by atoms with Gasteiger partial charge in [0, 0.05) is 13.0 Å². The van der Waals surface area contributed by atoms with Crippen molar-refractivity contribution in [2.24, 2.45) is 0 Å². The first-order valence-corrected chi connectivity index (χ1v) is 7.34. The smallest absolute Gasteiger partial charge is 0.237 e. The maximum atomic E-state index is 13.8. The Morgan fingerprint density at radius 1 is 1.32 bits per heavy atom. The van der Waals surface area contributed by atoms with Gasteiger partial charge >= 0.3 is 0 Å². The third-order valence-corrected chi connectivity index (χ3v) is 4.06. The van der Waals surface area contributed by atoms with Crippen LogP contribution in [0.4, 0.5) is 14.5 Å². The van der Waals surface area contributed by atoms with E-state index in [1.807, 2.05) is 0 Å². The largest absolute Gasteiger partial charge is 0.350 e. The second kappa shape index (κ2) is 6.00. The van der Waals surface area contributed by atoms with Crippen molar-refractivity contribution in [1.29, 1.82) is 0 Å². The maximum absolute atomic E-state index is 13.8. The van der Waals surface area contributed by atoms with Crippen LogP contribution in [0.25, 0.3) is 0 Å². The van der Waals surface area contributed by atoms with Crippen LogP contribution in [0.2, 0.25) is 0 Å². The number of amides is 2. The van der Waals surface area contributed by atoms with E-state index < -0.39 is 23.6 Å². The number of carbonyl (C=O) groups excluding carboxylic acids is 2. The van der Waals surface area contributed by atoms with E-state index in [2.05, 4.69) is 10.6 Å². The zero-order valence-electron chi connectivity index (χ0n) is 11.9. The molecule has 1 aromatic carbocycles. The number of benzene rings is 1. The molecule has 2 saturated heterocycles. The Morgan fingerprint density at radius 3 is 2.68 bits per heavy atom. The van der Waals surface area contributed by atoms with Crippen LogP contribution in [0, 0.1) is 11.6 Å². The lowest BCUT2D eigenvalue weighted by atomic mass is 10.2. The topological polar surface area (TPSA) is 61.4 Å². The summed E-state index contributed by atoms with van der Waals surface area (Å²) in [5.41, 5.74) is -0.344. The number of hydrogen-bond acceptors (Lipinski definition) is 3. The molecule has 0 saturated carbocycles. The highest BCUT2D eigenvalue weighted by Gasteiger charge is 2.35. The molecule has 0 radical (unpaired) electrons. The molecule has 0 aromatic heterocycles. The SMILES string of the molecule is O=C(NC1CC(=O)N(c2c(F)cccc2F)C1)C1CCCN1. The molecule has 2 aliphatic rings. The van der Waals surface area contributed by atoms with Gasteiger partial charge in [0.25, 0.3) is 0 Å². The molecule has 0 aliphatic carbocycles. The number of anilines is 1. The molecule has 118 valence electrons. The van der Waals surface area contributed by atoms with Crippen molar-refractivity contribution in [1.82, 2.24) is 10.6 Å². The van der Waals surface area contributed by atoms with Crippen LogP contribution in [-0.2, 0) is 9.59 Å². The molecule has 5 nitrogen and oxygen atoms in total. The summed E-state index contributed by atoms with van der Waals surface area (Å²) in [6.45, 7) is 0.878. The summed E-state index contributed by atoms with van der Waals surface area (Å²) in [6.07, 6.45) is 1.75. The molecule has 1 aromatic rings. The van der Waals surface area contributed by atoms with Crippen LogP contribution >= 0.6 is 0 Å². The number of nitrogens with one attached hydrogen (secondary N) is 2. The summed E-state index contributed by atoms with van der Waals surface area (Å²) in [5.74, 6) is -2.12. The summed E-state index contributed by atoms with van der Waals surface area (Å²) in [5, 5.41) is 5.85. The minimum atomic E-state index is -0.780. The van der Waals surface area contributed by atoms with Crippen LogP contribution in [0.15, 0.2) is 18.2 Å². The number of hydrogen-bond donors (Lipinski definition) is 2.